The number of ether oxygens (including phenoxy) is 2. The van der Waals surface area contributed by atoms with Gasteiger partial charge in [0.1, 0.15) is 12.2 Å². The first-order chi connectivity index (χ1) is 15.8. The maximum Gasteiger partial charge on any atom is 0.311 e. The monoisotopic (exact) mass is 478 g/mol. The Hall–Kier alpha value is -1.14. The van der Waals surface area contributed by atoms with Crippen LogP contribution in [0.25, 0.3) is 0 Å². The van der Waals surface area contributed by atoms with Gasteiger partial charge in [0.15, 0.2) is 0 Å². The largest absolute Gasteiger partial charge is 0.463 e. The molecule has 0 bridgehead atoms. The van der Waals surface area contributed by atoms with E-state index < -0.39 is 11.0 Å². The van der Waals surface area contributed by atoms with Crippen LogP contribution in [0.2, 0.25) is 0 Å². The molecule has 0 saturated heterocycles. The predicted octanol–water partition coefficient (Wildman–Crippen LogP) is 4.64. The molecule has 0 radical (unpaired) electrons. The van der Waals surface area contributed by atoms with E-state index in [0.29, 0.717) is 5.92 Å². The lowest BCUT2D eigenvalue weighted by atomic mass is 9.43. The summed E-state index contributed by atoms with van der Waals surface area (Å²) in [6.07, 6.45) is 7.53. The van der Waals surface area contributed by atoms with Crippen LogP contribution in [0, 0.1) is 39.9 Å². The number of fused-ring (bicyclic) bond motifs is 5. The lowest BCUT2D eigenvalue weighted by molar-refractivity contribution is -0.228. The zero-order valence-electron chi connectivity index (χ0n) is 22.1. The molecule has 9 atom stereocenters. The van der Waals surface area contributed by atoms with E-state index in [2.05, 4.69) is 6.92 Å². The number of carbonyl (C=O) groups excluding carboxylic acids is 2. The summed E-state index contributed by atoms with van der Waals surface area (Å²) in [5, 5.41) is 23.1. The molecule has 4 fully saturated rings. The minimum absolute atomic E-state index is 0.0510. The molecule has 0 spiro atoms. The van der Waals surface area contributed by atoms with Gasteiger partial charge >= 0.3 is 11.9 Å². The fraction of sp³-hybridized carbons (Fsp3) is 0.929. The van der Waals surface area contributed by atoms with Gasteiger partial charge in [-0.1, -0.05) is 6.92 Å². The molecule has 0 aromatic heterocycles. The fourth-order valence-electron chi connectivity index (χ4n) is 8.85. The van der Waals surface area contributed by atoms with Crippen molar-refractivity contribution in [2.45, 2.75) is 117 Å². The molecule has 34 heavy (non-hydrogen) atoms. The number of hydrogen-bond donors (Lipinski definition) is 2. The van der Waals surface area contributed by atoms with E-state index in [0.717, 1.165) is 57.8 Å². The van der Waals surface area contributed by atoms with Gasteiger partial charge in [0.25, 0.3) is 0 Å². The average Bonchev–Trinajstić information content (AvgIpc) is 3.03. The molecule has 0 heterocycles. The third-order valence-electron chi connectivity index (χ3n) is 10.7. The summed E-state index contributed by atoms with van der Waals surface area (Å²) in [6.45, 7) is 11.5. The fourth-order valence-corrected chi connectivity index (χ4v) is 8.85. The van der Waals surface area contributed by atoms with Gasteiger partial charge in [-0.25, -0.2) is 0 Å². The minimum atomic E-state index is -0.803. The van der Waals surface area contributed by atoms with E-state index in [1.54, 1.807) is 0 Å². The Morgan fingerprint density at radius 1 is 1.03 bits per heavy atom. The molecule has 6 heteroatoms. The molecule has 3 unspecified atom stereocenters. The van der Waals surface area contributed by atoms with E-state index in [1.807, 2.05) is 27.7 Å². The first-order valence-electron chi connectivity index (χ1n) is 13.5. The Kier molecular flexibility index (Phi) is 6.68. The summed E-state index contributed by atoms with van der Waals surface area (Å²) in [5.41, 5.74) is -1.84. The second kappa shape index (κ2) is 8.76. The van der Waals surface area contributed by atoms with Crippen LogP contribution in [0.1, 0.15) is 99.3 Å². The van der Waals surface area contributed by atoms with E-state index in [-0.39, 0.29) is 59.3 Å². The van der Waals surface area contributed by atoms with Crippen LogP contribution >= 0.6 is 0 Å². The molecule has 4 saturated carbocycles. The first kappa shape index (κ1) is 25.9. The second-order valence-electron chi connectivity index (χ2n) is 13.3. The van der Waals surface area contributed by atoms with Gasteiger partial charge in [0.2, 0.25) is 0 Å². The Bertz CT molecular complexity index is 803. The van der Waals surface area contributed by atoms with Crippen molar-refractivity contribution in [2.75, 3.05) is 6.61 Å². The molecule has 0 amide bonds. The van der Waals surface area contributed by atoms with Crippen molar-refractivity contribution in [3.8, 4) is 0 Å². The Balaban J connectivity index is 1.55. The zero-order chi connectivity index (χ0) is 25.1. The highest BCUT2D eigenvalue weighted by Gasteiger charge is 2.68. The Morgan fingerprint density at radius 3 is 2.35 bits per heavy atom. The molecular formula is C28H46O6. The van der Waals surface area contributed by atoms with Crippen molar-refractivity contribution in [3.05, 3.63) is 0 Å². The number of rotatable bonds is 4. The topological polar surface area (TPSA) is 93.1 Å². The number of aliphatic hydroxyl groups is 2. The third-order valence-corrected chi connectivity index (χ3v) is 10.7. The van der Waals surface area contributed by atoms with Crippen LogP contribution in [0.3, 0.4) is 0 Å². The summed E-state index contributed by atoms with van der Waals surface area (Å²) in [5.74, 6) is 0.475. The van der Waals surface area contributed by atoms with Crippen molar-refractivity contribution < 1.29 is 29.3 Å². The van der Waals surface area contributed by atoms with Crippen molar-refractivity contribution in [1.29, 1.82) is 0 Å². The highest BCUT2D eigenvalue weighted by atomic mass is 16.5. The quantitative estimate of drug-likeness (QED) is 0.572. The van der Waals surface area contributed by atoms with Crippen molar-refractivity contribution in [1.82, 2.24) is 0 Å². The van der Waals surface area contributed by atoms with Gasteiger partial charge in [-0.15, -0.1) is 0 Å². The molecule has 194 valence electrons. The zero-order valence-corrected chi connectivity index (χ0v) is 22.1. The molecule has 0 aromatic carbocycles. The number of carbonyl (C=O) groups is 2. The van der Waals surface area contributed by atoms with E-state index in [1.165, 1.54) is 6.92 Å². The number of hydrogen-bond acceptors (Lipinski definition) is 6. The van der Waals surface area contributed by atoms with Gasteiger partial charge in [-0.3, -0.25) is 9.59 Å². The summed E-state index contributed by atoms with van der Waals surface area (Å²) in [7, 11) is 0. The van der Waals surface area contributed by atoms with Crippen LogP contribution in [0.4, 0.5) is 0 Å². The van der Waals surface area contributed by atoms with Crippen LogP contribution in [-0.2, 0) is 19.1 Å². The van der Waals surface area contributed by atoms with Gasteiger partial charge in [-0.05, 0) is 109 Å². The van der Waals surface area contributed by atoms with Gasteiger partial charge in [-0.2, -0.15) is 0 Å². The van der Waals surface area contributed by atoms with Crippen molar-refractivity contribution in [2.24, 2.45) is 39.9 Å². The molecule has 6 nitrogen and oxygen atoms in total. The first-order valence-corrected chi connectivity index (χ1v) is 13.5. The van der Waals surface area contributed by atoms with Crippen molar-refractivity contribution >= 4 is 11.9 Å². The van der Waals surface area contributed by atoms with E-state index >= 15 is 0 Å². The minimum Gasteiger partial charge on any atom is -0.463 e. The van der Waals surface area contributed by atoms with Crippen LogP contribution in [-0.4, -0.2) is 46.6 Å². The Morgan fingerprint density at radius 2 is 1.74 bits per heavy atom. The SMILES string of the molecule is CC(=O)OC1CC[C@@]2(CO)C(CC[C@@H]3[C@@H]2CC[C@]2(C)[C@@H](C(C)OC(=O)C(C)(C)C)CC[C@@]32O)C1. The lowest BCUT2D eigenvalue weighted by Crippen LogP contribution is -2.64. The maximum atomic E-state index is 12.6. The highest BCUT2D eigenvalue weighted by Crippen LogP contribution is 2.69. The highest BCUT2D eigenvalue weighted by molar-refractivity contribution is 5.75. The predicted molar refractivity (Wildman–Crippen MR) is 129 cm³/mol. The van der Waals surface area contributed by atoms with Gasteiger partial charge in [0, 0.05) is 24.9 Å². The smallest absolute Gasteiger partial charge is 0.311 e. The second-order valence-corrected chi connectivity index (χ2v) is 13.3. The molecule has 4 aliphatic rings. The van der Waals surface area contributed by atoms with Crippen LogP contribution < -0.4 is 0 Å². The summed E-state index contributed by atoms with van der Waals surface area (Å²) >= 11 is 0. The maximum absolute atomic E-state index is 12.6. The Labute approximate surface area is 205 Å². The molecule has 2 N–H and O–H groups in total. The number of esters is 2. The standard InChI is InChI=1S/C28H46O6/c1-17(33-24(31)25(3,4)5)21-11-14-28(32)23-8-7-19-15-20(34-18(2)30)9-13-27(19,16-29)22(23)10-12-26(21,28)6/h17,19-23,29,32H,7-16H2,1-6H3/t17?,19?,20?,21-,22+,23-,26-,27-,28-/m1/s1. The number of aliphatic hydroxyl groups excluding tert-OH is 1. The summed E-state index contributed by atoms with van der Waals surface area (Å²) < 4.78 is 11.5. The molecular weight excluding hydrogens is 432 g/mol. The van der Waals surface area contributed by atoms with Crippen LogP contribution in [0.15, 0.2) is 0 Å². The summed E-state index contributed by atoms with van der Waals surface area (Å²) in [6, 6.07) is 0. The molecule has 0 aromatic rings. The van der Waals surface area contributed by atoms with Crippen LogP contribution in [0.5, 0.6) is 0 Å². The molecule has 4 rings (SSSR count). The molecule has 0 aliphatic heterocycles. The van der Waals surface area contributed by atoms with Gasteiger partial charge in [0.05, 0.1) is 11.0 Å². The normalized spacial score (nSPS) is 44.9. The van der Waals surface area contributed by atoms with Crippen molar-refractivity contribution in [3.63, 3.8) is 0 Å². The molecule has 4 aliphatic carbocycles. The van der Waals surface area contributed by atoms with Gasteiger partial charge < -0.3 is 19.7 Å². The summed E-state index contributed by atoms with van der Waals surface area (Å²) in [4.78, 5) is 24.1. The van der Waals surface area contributed by atoms with E-state index in [9.17, 15) is 19.8 Å². The lowest BCUT2D eigenvalue weighted by Gasteiger charge is -2.64. The third kappa shape index (κ3) is 3.91. The van der Waals surface area contributed by atoms with E-state index in [4.69, 9.17) is 9.47 Å². The average molecular weight is 479 g/mol.